The van der Waals surface area contributed by atoms with Crippen LogP contribution in [0.4, 0.5) is 0 Å². The van der Waals surface area contributed by atoms with Crippen molar-refractivity contribution in [3.63, 3.8) is 0 Å². The van der Waals surface area contributed by atoms with Gasteiger partial charge in [-0.25, -0.2) is 4.79 Å². The highest BCUT2D eigenvalue weighted by Crippen LogP contribution is 2.29. The summed E-state index contributed by atoms with van der Waals surface area (Å²) in [6.07, 6.45) is 0. The number of aliphatic carboxylic acids is 1. The second-order valence-corrected chi connectivity index (χ2v) is 9.69. The molecule has 0 aliphatic rings. The molecule has 0 atom stereocenters. The van der Waals surface area contributed by atoms with E-state index in [1.807, 2.05) is 63.2 Å². The first-order chi connectivity index (χ1) is 17.5. The molecule has 4 rings (SSSR count). The molecule has 10 nitrogen and oxygen atoms in total. The van der Waals surface area contributed by atoms with Crippen LogP contribution in [0.15, 0.2) is 46.9 Å². The number of carboxylic acids is 1. The van der Waals surface area contributed by atoms with Crippen molar-refractivity contribution in [3.05, 3.63) is 82.3 Å². The van der Waals surface area contributed by atoms with Gasteiger partial charge in [0.05, 0.1) is 17.9 Å². The minimum absolute atomic E-state index is 0.431. The zero-order chi connectivity index (χ0) is 26.7. The number of rotatable bonds is 10. The minimum atomic E-state index is -1.33. The Morgan fingerprint density at radius 1 is 1.00 bits per heavy atom. The van der Waals surface area contributed by atoms with Crippen LogP contribution in [0, 0.1) is 27.7 Å². The van der Waals surface area contributed by atoms with Gasteiger partial charge >= 0.3 is 5.97 Å². The maximum Gasteiger partial charge on any atom is 0.347 e. The van der Waals surface area contributed by atoms with Crippen LogP contribution in [0.25, 0.3) is 5.69 Å². The van der Waals surface area contributed by atoms with Crippen LogP contribution in [0.2, 0.25) is 0 Å². The van der Waals surface area contributed by atoms with Crippen LogP contribution < -0.4 is 4.74 Å². The second kappa shape index (κ2) is 10.5. The lowest BCUT2D eigenvalue weighted by Gasteiger charge is -2.25. The van der Waals surface area contributed by atoms with Gasteiger partial charge in [0.2, 0.25) is 11.8 Å². The van der Waals surface area contributed by atoms with E-state index in [0.717, 1.165) is 33.8 Å². The van der Waals surface area contributed by atoms with Gasteiger partial charge in [-0.05, 0) is 63.4 Å². The summed E-state index contributed by atoms with van der Waals surface area (Å²) in [4.78, 5) is 15.4. The normalized spacial score (nSPS) is 11.8. The molecule has 0 amide bonds. The predicted octanol–water partition coefficient (Wildman–Crippen LogP) is 4.33. The summed E-state index contributed by atoms with van der Waals surface area (Å²) in [5, 5.41) is 26.9. The molecule has 37 heavy (non-hydrogen) atoms. The Morgan fingerprint density at radius 3 is 2.27 bits per heavy atom. The maximum atomic E-state index is 11.6. The first kappa shape index (κ1) is 26.0. The van der Waals surface area contributed by atoms with Crippen molar-refractivity contribution in [1.82, 2.24) is 30.1 Å². The van der Waals surface area contributed by atoms with Gasteiger partial charge in [-0.15, -0.1) is 10.2 Å². The molecule has 0 bridgehead atoms. The average Bonchev–Trinajstić information content (AvgIpc) is 3.41. The Labute approximate surface area is 215 Å². The smallest absolute Gasteiger partial charge is 0.347 e. The Hall–Kier alpha value is -4.05. The molecular formula is C27H32N6O4. The Kier molecular flexibility index (Phi) is 7.40. The summed E-state index contributed by atoms with van der Waals surface area (Å²) in [5.74, 6) is 0.588. The van der Waals surface area contributed by atoms with Crippen LogP contribution in [-0.2, 0) is 24.4 Å². The fourth-order valence-electron chi connectivity index (χ4n) is 4.05. The molecule has 2 heterocycles. The SMILES string of the molecule is Cc1nnc(CN(Cc2cc(C)c(OC(C)(C)C(=O)O)c(C)c2)Cc2nn(-c3ccccc3)nc2C)o1. The molecule has 0 saturated carbocycles. The van der Waals surface area contributed by atoms with Crippen molar-refractivity contribution in [2.75, 3.05) is 0 Å². The Balaban J connectivity index is 1.60. The highest BCUT2D eigenvalue weighted by Gasteiger charge is 2.30. The average molecular weight is 505 g/mol. The number of ether oxygens (including phenoxy) is 1. The van der Waals surface area contributed by atoms with Gasteiger partial charge in [0, 0.05) is 20.0 Å². The van der Waals surface area contributed by atoms with E-state index in [-0.39, 0.29) is 0 Å². The molecule has 4 aromatic rings. The van der Waals surface area contributed by atoms with Crippen LogP contribution in [0.5, 0.6) is 5.75 Å². The molecule has 1 N–H and O–H groups in total. The van der Waals surface area contributed by atoms with Crippen molar-refractivity contribution in [1.29, 1.82) is 0 Å². The lowest BCUT2D eigenvalue weighted by atomic mass is 10.0. The van der Waals surface area contributed by atoms with E-state index < -0.39 is 11.6 Å². The van der Waals surface area contributed by atoms with E-state index in [1.165, 1.54) is 0 Å². The summed E-state index contributed by atoms with van der Waals surface area (Å²) < 4.78 is 11.5. The van der Waals surface area contributed by atoms with Crippen LogP contribution in [0.1, 0.15) is 53.7 Å². The Morgan fingerprint density at radius 2 is 1.68 bits per heavy atom. The molecule has 0 radical (unpaired) electrons. The van der Waals surface area contributed by atoms with Crippen LogP contribution in [-0.4, -0.2) is 46.8 Å². The highest BCUT2D eigenvalue weighted by atomic mass is 16.5. The van der Waals surface area contributed by atoms with E-state index in [4.69, 9.17) is 14.3 Å². The quantitative estimate of drug-likeness (QED) is 0.336. The molecule has 10 heteroatoms. The van der Waals surface area contributed by atoms with Crippen molar-refractivity contribution in [2.45, 2.75) is 66.8 Å². The fourth-order valence-corrected chi connectivity index (χ4v) is 4.05. The zero-order valence-electron chi connectivity index (χ0n) is 22.0. The van der Waals surface area contributed by atoms with Gasteiger partial charge in [-0.1, -0.05) is 30.3 Å². The molecule has 0 aliphatic heterocycles. The number of hydrogen-bond acceptors (Lipinski definition) is 8. The van der Waals surface area contributed by atoms with E-state index >= 15 is 0 Å². The number of para-hydroxylation sites is 1. The molecule has 0 spiro atoms. The highest BCUT2D eigenvalue weighted by molar-refractivity contribution is 5.77. The first-order valence-electron chi connectivity index (χ1n) is 12.0. The molecule has 0 fully saturated rings. The summed E-state index contributed by atoms with van der Waals surface area (Å²) in [7, 11) is 0. The van der Waals surface area contributed by atoms with Crippen molar-refractivity contribution >= 4 is 5.97 Å². The van der Waals surface area contributed by atoms with E-state index in [1.54, 1.807) is 25.6 Å². The zero-order valence-corrected chi connectivity index (χ0v) is 22.0. The van der Waals surface area contributed by atoms with Crippen LogP contribution >= 0.6 is 0 Å². The molecule has 0 saturated heterocycles. The number of hydrogen-bond donors (Lipinski definition) is 1. The van der Waals surface area contributed by atoms with Crippen molar-refractivity contribution < 1.29 is 19.1 Å². The third-order valence-corrected chi connectivity index (χ3v) is 5.96. The number of nitrogens with zero attached hydrogens (tertiary/aromatic N) is 6. The summed E-state index contributed by atoms with van der Waals surface area (Å²) in [5.41, 5.74) is 4.01. The van der Waals surface area contributed by atoms with Crippen molar-refractivity contribution in [2.24, 2.45) is 0 Å². The Bertz CT molecular complexity index is 1370. The molecule has 0 unspecified atom stereocenters. The van der Waals surface area contributed by atoms with Gasteiger partial charge < -0.3 is 14.3 Å². The first-order valence-corrected chi connectivity index (χ1v) is 12.0. The monoisotopic (exact) mass is 504 g/mol. The third-order valence-electron chi connectivity index (χ3n) is 5.96. The lowest BCUT2D eigenvalue weighted by molar-refractivity contribution is -0.152. The van der Waals surface area contributed by atoms with Gasteiger partial charge in [-0.2, -0.15) is 15.0 Å². The van der Waals surface area contributed by atoms with Gasteiger partial charge in [0.1, 0.15) is 11.4 Å². The minimum Gasteiger partial charge on any atom is -0.478 e. The van der Waals surface area contributed by atoms with Gasteiger partial charge in [-0.3, -0.25) is 4.90 Å². The summed E-state index contributed by atoms with van der Waals surface area (Å²) >= 11 is 0. The number of benzene rings is 2. The topological polar surface area (TPSA) is 119 Å². The molecular weight excluding hydrogens is 472 g/mol. The van der Waals surface area contributed by atoms with E-state index in [2.05, 4.69) is 20.2 Å². The number of carbonyl (C=O) groups is 1. The maximum absolute atomic E-state index is 11.6. The van der Waals surface area contributed by atoms with E-state index in [0.29, 0.717) is 37.2 Å². The molecule has 0 aliphatic carbocycles. The van der Waals surface area contributed by atoms with Gasteiger partial charge in [0.25, 0.3) is 0 Å². The van der Waals surface area contributed by atoms with Crippen LogP contribution in [0.3, 0.4) is 0 Å². The number of carboxylic acid groups (broad SMARTS) is 1. The predicted molar refractivity (Wildman–Crippen MR) is 136 cm³/mol. The van der Waals surface area contributed by atoms with Crippen molar-refractivity contribution in [3.8, 4) is 11.4 Å². The largest absolute Gasteiger partial charge is 0.478 e. The van der Waals surface area contributed by atoms with Gasteiger partial charge in [0.15, 0.2) is 5.60 Å². The summed E-state index contributed by atoms with van der Waals surface area (Å²) in [6.45, 7) is 12.2. The number of aromatic nitrogens is 5. The second-order valence-electron chi connectivity index (χ2n) is 9.69. The number of aryl methyl sites for hydroxylation is 4. The molecule has 194 valence electrons. The standard InChI is InChI=1S/C27H32N6O4/c1-17-12-21(13-18(2)25(17)37-27(5,6)26(34)35)14-32(16-24-29-28-20(4)36-24)15-23-19(3)30-33(31-23)22-10-8-7-9-11-22/h7-13H,14-16H2,1-6H3,(H,34,35). The third kappa shape index (κ3) is 6.21. The lowest BCUT2D eigenvalue weighted by Crippen LogP contribution is -2.38. The fraction of sp³-hybridized carbons (Fsp3) is 0.370. The van der Waals surface area contributed by atoms with E-state index in [9.17, 15) is 9.90 Å². The summed E-state index contributed by atoms with van der Waals surface area (Å²) in [6, 6.07) is 13.8. The molecule has 2 aromatic carbocycles. The molecule has 2 aromatic heterocycles.